The summed E-state index contributed by atoms with van der Waals surface area (Å²) < 4.78 is 10.7. The number of benzene rings is 2. The number of fused-ring (bicyclic) bond motifs is 1. The van der Waals surface area contributed by atoms with Gasteiger partial charge in [-0.15, -0.1) is 0 Å². The van der Waals surface area contributed by atoms with Crippen molar-refractivity contribution in [2.24, 2.45) is 0 Å². The molecular formula is C20H22N2O2. The van der Waals surface area contributed by atoms with Crippen molar-refractivity contribution in [1.29, 1.82) is 0 Å². The lowest BCUT2D eigenvalue weighted by Gasteiger charge is -2.28. The van der Waals surface area contributed by atoms with Crippen molar-refractivity contribution < 1.29 is 9.47 Å². The van der Waals surface area contributed by atoms with Crippen molar-refractivity contribution in [2.45, 2.75) is 19.3 Å². The molecule has 2 N–H and O–H groups in total. The van der Waals surface area contributed by atoms with Crippen LogP contribution in [0.3, 0.4) is 0 Å². The number of nitrogen functional groups attached to an aromatic ring is 1. The molecule has 0 atom stereocenters. The van der Waals surface area contributed by atoms with Crippen molar-refractivity contribution in [3.8, 4) is 11.5 Å². The first-order valence-corrected chi connectivity index (χ1v) is 7.84. The van der Waals surface area contributed by atoms with E-state index in [1.54, 1.807) is 14.2 Å². The van der Waals surface area contributed by atoms with E-state index in [0.717, 1.165) is 39.2 Å². The van der Waals surface area contributed by atoms with E-state index in [4.69, 9.17) is 15.2 Å². The average molecular weight is 322 g/mol. The molecule has 0 saturated carbocycles. The highest BCUT2D eigenvalue weighted by Crippen LogP contribution is 2.39. The van der Waals surface area contributed by atoms with Crippen LogP contribution in [0.5, 0.6) is 11.5 Å². The lowest BCUT2D eigenvalue weighted by atomic mass is 9.78. The smallest absolute Gasteiger partial charge is 0.119 e. The van der Waals surface area contributed by atoms with Gasteiger partial charge in [-0.3, -0.25) is 4.98 Å². The number of nitrogens with two attached hydrogens (primary N) is 1. The number of aromatic nitrogens is 1. The van der Waals surface area contributed by atoms with Gasteiger partial charge in [-0.1, -0.05) is 13.8 Å². The summed E-state index contributed by atoms with van der Waals surface area (Å²) in [6.07, 6.45) is 1.83. The van der Waals surface area contributed by atoms with Crippen LogP contribution < -0.4 is 15.2 Å². The minimum absolute atomic E-state index is 0.368. The highest BCUT2D eigenvalue weighted by atomic mass is 16.5. The molecule has 0 unspecified atom stereocenters. The third-order valence-corrected chi connectivity index (χ3v) is 4.50. The fourth-order valence-corrected chi connectivity index (χ4v) is 3.11. The Morgan fingerprint density at radius 3 is 2.29 bits per heavy atom. The Hall–Kier alpha value is -2.75. The first-order valence-electron chi connectivity index (χ1n) is 7.84. The summed E-state index contributed by atoms with van der Waals surface area (Å²) in [6, 6.07) is 13.8. The van der Waals surface area contributed by atoms with E-state index in [2.05, 4.69) is 24.9 Å². The second kappa shape index (κ2) is 6.04. The van der Waals surface area contributed by atoms with Crippen LogP contribution in [-0.4, -0.2) is 19.2 Å². The van der Waals surface area contributed by atoms with Gasteiger partial charge >= 0.3 is 0 Å². The predicted molar refractivity (Wildman–Crippen MR) is 97.8 cm³/mol. The normalized spacial score (nSPS) is 11.5. The van der Waals surface area contributed by atoms with Crippen LogP contribution in [0.2, 0.25) is 0 Å². The number of hydrogen-bond donors (Lipinski definition) is 1. The Morgan fingerprint density at radius 2 is 1.58 bits per heavy atom. The minimum atomic E-state index is -0.368. The number of nitrogens with zero attached hydrogens (tertiary/aromatic N) is 1. The lowest BCUT2D eigenvalue weighted by molar-refractivity contribution is 0.413. The van der Waals surface area contributed by atoms with Crippen molar-refractivity contribution in [2.75, 3.05) is 20.0 Å². The summed E-state index contributed by atoms with van der Waals surface area (Å²) in [5.74, 6) is 1.62. The minimum Gasteiger partial charge on any atom is -0.497 e. The van der Waals surface area contributed by atoms with Gasteiger partial charge < -0.3 is 15.2 Å². The van der Waals surface area contributed by atoms with Crippen LogP contribution in [0.25, 0.3) is 10.8 Å². The highest BCUT2D eigenvalue weighted by molar-refractivity contribution is 5.87. The lowest BCUT2D eigenvalue weighted by Crippen LogP contribution is -2.22. The van der Waals surface area contributed by atoms with Crippen LogP contribution in [0.15, 0.2) is 48.7 Å². The van der Waals surface area contributed by atoms with Crippen LogP contribution in [0, 0.1) is 0 Å². The van der Waals surface area contributed by atoms with E-state index < -0.39 is 0 Å². The molecule has 4 nitrogen and oxygen atoms in total. The number of anilines is 1. The Morgan fingerprint density at radius 1 is 0.917 bits per heavy atom. The maximum absolute atomic E-state index is 6.25. The van der Waals surface area contributed by atoms with E-state index in [-0.39, 0.29) is 5.41 Å². The molecule has 24 heavy (non-hydrogen) atoms. The van der Waals surface area contributed by atoms with Gasteiger partial charge in [-0.2, -0.15) is 0 Å². The number of methoxy groups -OCH3 is 2. The van der Waals surface area contributed by atoms with E-state index >= 15 is 0 Å². The molecule has 0 aliphatic heterocycles. The molecule has 0 aliphatic carbocycles. The van der Waals surface area contributed by atoms with Crippen LogP contribution in [-0.2, 0) is 5.41 Å². The van der Waals surface area contributed by atoms with Gasteiger partial charge in [0.1, 0.15) is 11.5 Å². The van der Waals surface area contributed by atoms with E-state index in [9.17, 15) is 0 Å². The van der Waals surface area contributed by atoms with Crippen molar-refractivity contribution >= 4 is 16.5 Å². The number of pyridine rings is 1. The number of rotatable bonds is 4. The zero-order valence-corrected chi connectivity index (χ0v) is 14.5. The molecule has 1 heterocycles. The molecule has 0 aliphatic rings. The molecule has 124 valence electrons. The third kappa shape index (κ3) is 2.64. The highest BCUT2D eigenvalue weighted by Gasteiger charge is 2.29. The Bertz CT molecular complexity index is 888. The standard InChI is InChI=1S/C20H22N2O2/c1-20(2,17-12-15(24-4)6-8-18(17)21)19-16-7-5-14(23-3)11-13(16)9-10-22-19/h5-12H,21H2,1-4H3. The maximum atomic E-state index is 6.25. The zero-order valence-electron chi connectivity index (χ0n) is 14.5. The molecule has 0 saturated heterocycles. The van der Waals surface area contributed by atoms with Crippen LogP contribution >= 0.6 is 0 Å². The van der Waals surface area contributed by atoms with Crippen molar-refractivity contribution in [1.82, 2.24) is 4.98 Å². The summed E-state index contributed by atoms with van der Waals surface area (Å²) in [5, 5.41) is 2.18. The molecular weight excluding hydrogens is 300 g/mol. The van der Waals surface area contributed by atoms with Crippen molar-refractivity contribution in [3.63, 3.8) is 0 Å². The fourth-order valence-electron chi connectivity index (χ4n) is 3.11. The Balaban J connectivity index is 2.22. The van der Waals surface area contributed by atoms with Crippen molar-refractivity contribution in [3.05, 3.63) is 59.9 Å². The quantitative estimate of drug-likeness (QED) is 0.733. The molecule has 3 rings (SSSR count). The van der Waals surface area contributed by atoms with Gasteiger partial charge in [-0.05, 0) is 53.4 Å². The molecule has 3 aromatic rings. The molecule has 0 fully saturated rings. The average Bonchev–Trinajstić information content (AvgIpc) is 2.60. The summed E-state index contributed by atoms with van der Waals surface area (Å²) >= 11 is 0. The van der Waals surface area contributed by atoms with Gasteiger partial charge in [-0.25, -0.2) is 0 Å². The van der Waals surface area contributed by atoms with E-state index in [1.807, 2.05) is 42.6 Å². The largest absolute Gasteiger partial charge is 0.497 e. The molecule has 0 spiro atoms. The molecule has 1 aromatic heterocycles. The summed E-state index contributed by atoms with van der Waals surface area (Å²) in [7, 11) is 3.33. The Kier molecular flexibility index (Phi) is 4.06. The maximum Gasteiger partial charge on any atom is 0.119 e. The molecule has 0 amide bonds. The van der Waals surface area contributed by atoms with Gasteiger partial charge in [0, 0.05) is 22.7 Å². The van der Waals surface area contributed by atoms with Gasteiger partial charge in [0.2, 0.25) is 0 Å². The summed E-state index contributed by atoms with van der Waals surface area (Å²) in [5.41, 5.74) is 8.59. The van der Waals surface area contributed by atoms with E-state index in [1.165, 1.54) is 0 Å². The number of ether oxygens (including phenoxy) is 2. The summed E-state index contributed by atoms with van der Waals surface area (Å²) in [4.78, 5) is 4.67. The monoisotopic (exact) mass is 322 g/mol. The van der Waals surface area contributed by atoms with Crippen LogP contribution in [0.1, 0.15) is 25.1 Å². The first kappa shape index (κ1) is 16.1. The molecule has 0 bridgehead atoms. The molecule has 4 heteroatoms. The van der Waals surface area contributed by atoms with E-state index in [0.29, 0.717) is 0 Å². The predicted octanol–water partition coefficient (Wildman–Crippen LogP) is 4.16. The Labute approximate surface area is 142 Å². The second-order valence-electron chi connectivity index (χ2n) is 6.32. The summed E-state index contributed by atoms with van der Waals surface area (Å²) in [6.45, 7) is 4.26. The number of hydrogen-bond acceptors (Lipinski definition) is 4. The molecule has 0 radical (unpaired) electrons. The topological polar surface area (TPSA) is 57.4 Å². The van der Waals surface area contributed by atoms with Gasteiger partial charge in [0.15, 0.2) is 0 Å². The van der Waals surface area contributed by atoms with Crippen LogP contribution in [0.4, 0.5) is 5.69 Å². The van der Waals surface area contributed by atoms with Gasteiger partial charge in [0.05, 0.1) is 19.9 Å². The third-order valence-electron chi connectivity index (χ3n) is 4.50. The SMILES string of the molecule is COc1ccc(N)c(C(C)(C)c2nccc3cc(OC)ccc23)c1. The fraction of sp³-hybridized carbons (Fsp3) is 0.250. The molecule has 2 aromatic carbocycles. The zero-order chi connectivity index (χ0) is 17.3. The first-order chi connectivity index (χ1) is 11.5. The second-order valence-corrected chi connectivity index (χ2v) is 6.32. The van der Waals surface area contributed by atoms with Gasteiger partial charge in [0.25, 0.3) is 0 Å².